The van der Waals surface area contributed by atoms with E-state index in [0.29, 0.717) is 37.0 Å². The monoisotopic (exact) mass is 603 g/mol. The van der Waals surface area contributed by atoms with Gasteiger partial charge in [-0.15, -0.1) is 5.10 Å². The lowest BCUT2D eigenvalue weighted by atomic mass is 9.99. The summed E-state index contributed by atoms with van der Waals surface area (Å²) in [5.41, 5.74) is -3.37. The molecule has 1 atom stereocenters. The molecule has 0 aliphatic carbocycles. The van der Waals surface area contributed by atoms with Gasteiger partial charge in [-0.1, -0.05) is 9.69 Å². The standard InChI is InChI=1S/C27H30F7N6O2/c1-16-10-18-8-6-7-9-40(24(41)42-25(2,3)4,22(18)14-21(16)27(32,33)34)39(23-35-37-38(5)36-23)15-17-11-19(26(29,30)31)13-20(28)12-17/h10-14H,6-9,15H2,1-5H3/q+1/t40-/m0/s1. The fraction of sp³-hybridized carbons (Fsp3) is 0.481. The summed E-state index contributed by atoms with van der Waals surface area (Å²) >= 11 is 0. The van der Waals surface area contributed by atoms with Crippen LogP contribution in [-0.2, 0) is 37.1 Å². The quantitative estimate of drug-likeness (QED) is 0.239. The van der Waals surface area contributed by atoms with Crippen molar-refractivity contribution < 1.29 is 40.3 Å². The van der Waals surface area contributed by atoms with E-state index in [0.717, 1.165) is 21.9 Å². The normalized spacial score (nSPS) is 17.9. The van der Waals surface area contributed by atoms with Crippen LogP contribution in [0.5, 0.6) is 0 Å². The molecule has 42 heavy (non-hydrogen) atoms. The van der Waals surface area contributed by atoms with E-state index in [9.17, 15) is 35.5 Å². The van der Waals surface area contributed by atoms with Crippen LogP contribution in [0.3, 0.4) is 0 Å². The van der Waals surface area contributed by atoms with Gasteiger partial charge in [0.2, 0.25) is 0 Å². The molecule has 0 spiro atoms. The van der Waals surface area contributed by atoms with E-state index in [1.807, 2.05) is 0 Å². The number of alkyl halides is 6. The molecule has 2 heterocycles. The van der Waals surface area contributed by atoms with Gasteiger partial charge in [-0.05, 0) is 81.1 Å². The minimum Gasteiger partial charge on any atom is -0.412 e. The first-order chi connectivity index (χ1) is 19.3. The van der Waals surface area contributed by atoms with Crippen LogP contribution in [0.15, 0.2) is 30.3 Å². The van der Waals surface area contributed by atoms with Crippen LogP contribution in [0.2, 0.25) is 0 Å². The maximum absolute atomic E-state index is 14.5. The number of aromatic nitrogens is 4. The molecule has 4 rings (SSSR count). The molecule has 1 aliphatic rings. The zero-order chi connectivity index (χ0) is 31.3. The predicted octanol–water partition coefficient (Wildman–Crippen LogP) is 6.90. The third kappa shape index (κ3) is 6.35. The highest BCUT2D eigenvalue weighted by atomic mass is 19.4. The summed E-state index contributed by atoms with van der Waals surface area (Å²) in [5, 5.41) is 13.0. The van der Waals surface area contributed by atoms with E-state index >= 15 is 0 Å². The molecular formula is C27H30F7N6O2+. The van der Waals surface area contributed by atoms with Gasteiger partial charge in [-0.2, -0.15) is 40.9 Å². The molecule has 0 saturated carbocycles. The summed E-state index contributed by atoms with van der Waals surface area (Å²) in [6, 6.07) is 4.10. The highest BCUT2D eigenvalue weighted by Crippen LogP contribution is 2.43. The first kappa shape index (κ1) is 31.2. The molecule has 1 aliphatic heterocycles. The Morgan fingerprint density at radius 1 is 1.02 bits per heavy atom. The predicted molar refractivity (Wildman–Crippen MR) is 138 cm³/mol. The zero-order valence-corrected chi connectivity index (χ0v) is 23.6. The second-order valence-electron chi connectivity index (χ2n) is 11.2. The Morgan fingerprint density at radius 2 is 1.71 bits per heavy atom. The number of ether oxygens (including phenoxy) is 1. The SMILES string of the molecule is Cc1cc2c(cc1C(F)(F)F)[N@@+](C(=O)OC(C)(C)C)(N(Cc1cc(F)cc(C(F)(F)F)c1)c1nnn(C)n1)CCCC2. The van der Waals surface area contributed by atoms with Crippen molar-refractivity contribution in [1.29, 1.82) is 0 Å². The lowest BCUT2D eigenvalue weighted by Gasteiger charge is -2.42. The Morgan fingerprint density at radius 3 is 2.29 bits per heavy atom. The number of benzene rings is 2. The van der Waals surface area contributed by atoms with Crippen LogP contribution in [0, 0.1) is 12.7 Å². The first-order valence-corrected chi connectivity index (χ1v) is 13.0. The molecule has 0 unspecified atom stereocenters. The van der Waals surface area contributed by atoms with E-state index in [1.54, 1.807) is 20.8 Å². The number of carbonyl (C=O) groups is 1. The molecular weight excluding hydrogens is 573 g/mol. The van der Waals surface area contributed by atoms with Crippen molar-refractivity contribution in [3.63, 3.8) is 0 Å². The molecule has 228 valence electrons. The van der Waals surface area contributed by atoms with Crippen LogP contribution in [-0.4, -0.2) is 38.4 Å². The van der Waals surface area contributed by atoms with Gasteiger partial charge in [0, 0.05) is 18.1 Å². The minimum absolute atomic E-state index is 0.0606. The smallest absolute Gasteiger partial charge is 0.412 e. The molecule has 2 aromatic carbocycles. The number of rotatable bonds is 4. The van der Waals surface area contributed by atoms with E-state index in [4.69, 9.17) is 4.74 Å². The highest BCUT2D eigenvalue weighted by Gasteiger charge is 2.54. The lowest BCUT2D eigenvalue weighted by Crippen LogP contribution is -2.67. The molecule has 15 heteroatoms. The van der Waals surface area contributed by atoms with Crippen LogP contribution < -0.4 is 9.60 Å². The van der Waals surface area contributed by atoms with Gasteiger partial charge >= 0.3 is 24.4 Å². The average Bonchev–Trinajstić information content (AvgIpc) is 3.17. The van der Waals surface area contributed by atoms with Gasteiger partial charge in [0.05, 0.1) is 24.7 Å². The van der Waals surface area contributed by atoms with E-state index in [1.165, 1.54) is 20.0 Å². The minimum atomic E-state index is -4.89. The molecule has 0 saturated heterocycles. The molecule has 0 fully saturated rings. The Bertz CT molecular complexity index is 1480. The molecule has 1 amide bonds. The third-order valence-corrected chi connectivity index (χ3v) is 6.76. The maximum atomic E-state index is 14.5. The summed E-state index contributed by atoms with van der Waals surface area (Å²) in [5.74, 6) is -1.48. The Hall–Kier alpha value is -3.75. The van der Waals surface area contributed by atoms with Crippen molar-refractivity contribution in [2.24, 2.45) is 7.05 Å². The fourth-order valence-electron chi connectivity index (χ4n) is 5.06. The van der Waals surface area contributed by atoms with Gasteiger partial charge in [-0.3, -0.25) is 0 Å². The van der Waals surface area contributed by atoms with Crippen LogP contribution >= 0.6 is 0 Å². The lowest BCUT2D eigenvalue weighted by molar-refractivity contribution is -0.138. The summed E-state index contributed by atoms with van der Waals surface area (Å²) < 4.78 is 103. The molecule has 0 bridgehead atoms. The molecule has 0 radical (unpaired) electrons. The van der Waals surface area contributed by atoms with Gasteiger partial charge in [0.25, 0.3) is 0 Å². The topological polar surface area (TPSA) is 73.1 Å². The Kier molecular flexibility index (Phi) is 8.04. The maximum Gasteiger partial charge on any atom is 0.547 e. The van der Waals surface area contributed by atoms with Gasteiger partial charge in [0.15, 0.2) is 5.69 Å². The number of halogens is 7. The largest absolute Gasteiger partial charge is 0.547 e. The van der Waals surface area contributed by atoms with E-state index < -0.39 is 52.1 Å². The van der Waals surface area contributed by atoms with Gasteiger partial charge in [-0.25, -0.2) is 4.39 Å². The summed E-state index contributed by atoms with van der Waals surface area (Å²) in [7, 11) is 1.40. The number of nitrogens with zero attached hydrogens (tertiary/aromatic N) is 6. The molecule has 3 aromatic rings. The molecule has 8 nitrogen and oxygen atoms in total. The van der Waals surface area contributed by atoms with E-state index in [2.05, 4.69) is 15.4 Å². The van der Waals surface area contributed by atoms with Crippen molar-refractivity contribution in [3.05, 3.63) is 64.0 Å². The third-order valence-electron chi connectivity index (χ3n) is 6.76. The number of tetrazole rings is 1. The Balaban J connectivity index is 2.06. The van der Waals surface area contributed by atoms with Crippen molar-refractivity contribution in [2.45, 2.75) is 71.5 Å². The molecule has 1 aromatic heterocycles. The number of carbonyl (C=O) groups excluding carboxylic acids is 1. The van der Waals surface area contributed by atoms with Gasteiger partial charge in [0.1, 0.15) is 18.0 Å². The summed E-state index contributed by atoms with van der Waals surface area (Å²) in [6.45, 7) is 5.27. The summed E-state index contributed by atoms with van der Waals surface area (Å²) in [6.07, 6.45) is -9.57. The van der Waals surface area contributed by atoms with Crippen molar-refractivity contribution in [2.75, 3.05) is 11.6 Å². The number of amides is 1. The van der Waals surface area contributed by atoms with E-state index in [-0.39, 0.29) is 29.3 Å². The number of hydrogen-bond donors (Lipinski definition) is 0. The molecule has 0 N–H and O–H groups in total. The second kappa shape index (κ2) is 10.8. The number of hydrogen-bond acceptors (Lipinski definition) is 6. The average molecular weight is 604 g/mol. The zero-order valence-electron chi connectivity index (χ0n) is 23.6. The van der Waals surface area contributed by atoms with Crippen LogP contribution in [0.25, 0.3) is 0 Å². The number of anilines is 1. The first-order valence-electron chi connectivity index (χ1n) is 13.0. The van der Waals surface area contributed by atoms with Gasteiger partial charge < -0.3 is 4.74 Å². The number of fused-ring (bicyclic) bond motifs is 1. The highest BCUT2D eigenvalue weighted by molar-refractivity contribution is 5.87. The van der Waals surface area contributed by atoms with Crippen LogP contribution in [0.4, 0.5) is 47.2 Å². The second-order valence-corrected chi connectivity index (χ2v) is 11.2. The van der Waals surface area contributed by atoms with Crippen molar-refractivity contribution >= 4 is 17.7 Å². The summed E-state index contributed by atoms with van der Waals surface area (Å²) in [4.78, 5) is 15.3. The van der Waals surface area contributed by atoms with Crippen molar-refractivity contribution in [3.8, 4) is 0 Å². The number of aryl methyl sites for hydroxylation is 3. The van der Waals surface area contributed by atoms with Crippen molar-refractivity contribution in [1.82, 2.24) is 24.8 Å². The fourth-order valence-corrected chi connectivity index (χ4v) is 5.06. The number of quaternary nitrogens is 1. The Labute approximate surface area is 237 Å². The van der Waals surface area contributed by atoms with Crippen LogP contribution in [0.1, 0.15) is 61.4 Å².